The molecule has 0 aliphatic heterocycles. The molecule has 0 saturated carbocycles. The fraction of sp³-hybridized carbons (Fsp3) is 0.833. The number of nitrogens with zero attached hydrogens (tertiary/aromatic N) is 2. The number of methoxy groups -OCH3 is 1. The molecule has 98 valence electrons. The second-order valence-corrected chi connectivity index (χ2v) is 5.68. The number of aromatic nitrogens is 2. The van der Waals surface area contributed by atoms with Crippen molar-refractivity contribution in [1.82, 2.24) is 15.5 Å². The first-order valence-electron chi connectivity index (χ1n) is 6.23. The Morgan fingerprint density at radius 3 is 2.71 bits per heavy atom. The molecule has 1 aromatic rings. The van der Waals surface area contributed by atoms with Crippen LogP contribution < -0.4 is 5.32 Å². The van der Waals surface area contributed by atoms with Crippen molar-refractivity contribution in [2.24, 2.45) is 5.92 Å². The number of hydrogen-bond donors (Lipinski definition) is 1. The van der Waals surface area contributed by atoms with E-state index >= 15 is 0 Å². The molecule has 0 amide bonds. The molecule has 0 bridgehead atoms. The van der Waals surface area contributed by atoms with E-state index in [1.165, 1.54) is 5.01 Å². The first kappa shape index (κ1) is 14.5. The van der Waals surface area contributed by atoms with Gasteiger partial charge in [0.1, 0.15) is 10.0 Å². The van der Waals surface area contributed by atoms with E-state index in [0.717, 1.165) is 44.0 Å². The fourth-order valence-electron chi connectivity index (χ4n) is 1.48. The van der Waals surface area contributed by atoms with E-state index < -0.39 is 0 Å². The lowest BCUT2D eigenvalue weighted by Gasteiger charge is -2.01. The van der Waals surface area contributed by atoms with Crippen LogP contribution >= 0.6 is 11.3 Å². The first-order valence-corrected chi connectivity index (χ1v) is 7.05. The van der Waals surface area contributed by atoms with Crippen LogP contribution in [0.1, 0.15) is 30.3 Å². The molecule has 0 radical (unpaired) electrons. The van der Waals surface area contributed by atoms with Crippen LogP contribution in [0, 0.1) is 5.92 Å². The van der Waals surface area contributed by atoms with Crippen molar-refractivity contribution in [3.63, 3.8) is 0 Å². The Morgan fingerprint density at radius 1 is 1.24 bits per heavy atom. The van der Waals surface area contributed by atoms with Gasteiger partial charge in [-0.05, 0) is 18.9 Å². The van der Waals surface area contributed by atoms with Crippen LogP contribution in [0.25, 0.3) is 0 Å². The van der Waals surface area contributed by atoms with Crippen LogP contribution in [-0.2, 0) is 17.6 Å². The van der Waals surface area contributed by atoms with Gasteiger partial charge in [0, 0.05) is 26.5 Å². The topological polar surface area (TPSA) is 47.0 Å². The molecule has 0 spiro atoms. The van der Waals surface area contributed by atoms with Gasteiger partial charge in [-0.15, -0.1) is 21.5 Å². The number of rotatable bonds is 9. The van der Waals surface area contributed by atoms with Gasteiger partial charge in [-0.2, -0.15) is 0 Å². The van der Waals surface area contributed by atoms with Gasteiger partial charge in [-0.3, -0.25) is 0 Å². The van der Waals surface area contributed by atoms with Crippen molar-refractivity contribution in [3.05, 3.63) is 10.0 Å². The summed E-state index contributed by atoms with van der Waals surface area (Å²) in [5.74, 6) is 0.659. The van der Waals surface area contributed by atoms with Crippen molar-refractivity contribution >= 4 is 11.3 Å². The largest absolute Gasteiger partial charge is 0.383 e. The molecule has 5 heteroatoms. The monoisotopic (exact) mass is 257 g/mol. The van der Waals surface area contributed by atoms with Crippen LogP contribution in [-0.4, -0.2) is 37.0 Å². The van der Waals surface area contributed by atoms with Gasteiger partial charge in [-0.1, -0.05) is 13.8 Å². The molecule has 0 aliphatic rings. The first-order chi connectivity index (χ1) is 8.22. The SMILES string of the molecule is COCCNCCCc1nnc(CC(C)C)s1. The second kappa shape index (κ2) is 8.55. The molecule has 1 N–H and O–H groups in total. The number of aryl methyl sites for hydroxylation is 1. The van der Waals surface area contributed by atoms with Crippen molar-refractivity contribution < 1.29 is 4.74 Å². The molecule has 4 nitrogen and oxygen atoms in total. The average molecular weight is 257 g/mol. The number of ether oxygens (including phenoxy) is 1. The smallest absolute Gasteiger partial charge is 0.117 e. The van der Waals surface area contributed by atoms with E-state index in [1.807, 2.05) is 0 Å². The molecule has 1 aromatic heterocycles. The zero-order valence-electron chi connectivity index (χ0n) is 11.0. The normalized spacial score (nSPS) is 11.3. The van der Waals surface area contributed by atoms with Crippen molar-refractivity contribution in [2.75, 3.05) is 26.8 Å². The van der Waals surface area contributed by atoms with E-state index in [1.54, 1.807) is 18.4 Å². The van der Waals surface area contributed by atoms with E-state index in [4.69, 9.17) is 4.74 Å². The molecule has 17 heavy (non-hydrogen) atoms. The Kier molecular flexibility index (Phi) is 7.32. The van der Waals surface area contributed by atoms with Gasteiger partial charge in [0.25, 0.3) is 0 Å². The standard InChI is InChI=1S/C12H23N3OS/c1-10(2)9-12-15-14-11(17-12)5-4-6-13-7-8-16-3/h10,13H,4-9H2,1-3H3. The molecule has 1 heterocycles. The predicted octanol–water partition coefficient (Wildman–Crippen LogP) is 1.91. The summed E-state index contributed by atoms with van der Waals surface area (Å²) in [4.78, 5) is 0. The van der Waals surface area contributed by atoms with Gasteiger partial charge < -0.3 is 10.1 Å². The molecule has 0 aliphatic carbocycles. The summed E-state index contributed by atoms with van der Waals surface area (Å²) >= 11 is 1.75. The summed E-state index contributed by atoms with van der Waals surface area (Å²) < 4.78 is 4.96. The molecule has 0 atom stereocenters. The van der Waals surface area contributed by atoms with Gasteiger partial charge in [-0.25, -0.2) is 0 Å². The maximum atomic E-state index is 4.96. The minimum atomic E-state index is 0.659. The lowest BCUT2D eigenvalue weighted by atomic mass is 10.1. The van der Waals surface area contributed by atoms with Crippen LogP contribution in [0.4, 0.5) is 0 Å². The lowest BCUT2D eigenvalue weighted by molar-refractivity contribution is 0.199. The zero-order valence-corrected chi connectivity index (χ0v) is 11.8. The minimum absolute atomic E-state index is 0.659. The van der Waals surface area contributed by atoms with Gasteiger partial charge >= 0.3 is 0 Å². The van der Waals surface area contributed by atoms with Gasteiger partial charge in [0.15, 0.2) is 0 Å². The highest BCUT2D eigenvalue weighted by Crippen LogP contribution is 2.15. The summed E-state index contributed by atoms with van der Waals surface area (Å²) in [6, 6.07) is 0. The second-order valence-electron chi connectivity index (χ2n) is 4.53. The molecular weight excluding hydrogens is 234 g/mol. The summed E-state index contributed by atoms with van der Waals surface area (Å²) in [6.45, 7) is 7.13. The summed E-state index contributed by atoms with van der Waals surface area (Å²) in [7, 11) is 1.72. The summed E-state index contributed by atoms with van der Waals surface area (Å²) in [5.41, 5.74) is 0. The van der Waals surface area contributed by atoms with Crippen LogP contribution in [0.2, 0.25) is 0 Å². The fourth-order valence-corrected chi connectivity index (χ4v) is 2.58. The third kappa shape index (κ3) is 6.71. The Hall–Kier alpha value is -0.520. The quantitative estimate of drug-likeness (QED) is 0.686. The Balaban J connectivity index is 2.12. The number of nitrogens with one attached hydrogen (secondary N) is 1. The average Bonchev–Trinajstić information content (AvgIpc) is 2.70. The van der Waals surface area contributed by atoms with Crippen molar-refractivity contribution in [2.45, 2.75) is 33.1 Å². The van der Waals surface area contributed by atoms with Gasteiger partial charge in [0.05, 0.1) is 6.61 Å². The Morgan fingerprint density at radius 2 is 2.00 bits per heavy atom. The molecule has 0 fully saturated rings. The highest BCUT2D eigenvalue weighted by molar-refractivity contribution is 7.11. The van der Waals surface area contributed by atoms with E-state index in [2.05, 4.69) is 29.4 Å². The highest BCUT2D eigenvalue weighted by Gasteiger charge is 2.05. The Labute approximate surface area is 108 Å². The summed E-state index contributed by atoms with van der Waals surface area (Å²) in [5, 5.41) is 14.1. The van der Waals surface area contributed by atoms with Gasteiger partial charge in [0.2, 0.25) is 0 Å². The van der Waals surface area contributed by atoms with E-state index in [-0.39, 0.29) is 0 Å². The third-order valence-corrected chi connectivity index (χ3v) is 3.32. The third-order valence-electron chi connectivity index (χ3n) is 2.32. The van der Waals surface area contributed by atoms with Crippen molar-refractivity contribution in [3.8, 4) is 0 Å². The molecule has 1 rings (SSSR count). The Bertz CT molecular complexity index is 302. The van der Waals surface area contributed by atoms with Crippen molar-refractivity contribution in [1.29, 1.82) is 0 Å². The van der Waals surface area contributed by atoms with Crippen LogP contribution in [0.3, 0.4) is 0 Å². The maximum Gasteiger partial charge on any atom is 0.117 e. The van der Waals surface area contributed by atoms with E-state index in [0.29, 0.717) is 5.92 Å². The van der Waals surface area contributed by atoms with Crippen LogP contribution in [0.5, 0.6) is 0 Å². The zero-order chi connectivity index (χ0) is 12.5. The molecule has 0 aromatic carbocycles. The minimum Gasteiger partial charge on any atom is -0.383 e. The lowest BCUT2D eigenvalue weighted by Crippen LogP contribution is -2.20. The predicted molar refractivity (Wildman–Crippen MR) is 71.5 cm³/mol. The molecule has 0 unspecified atom stereocenters. The number of hydrogen-bond acceptors (Lipinski definition) is 5. The summed E-state index contributed by atoms with van der Waals surface area (Å²) in [6.07, 6.45) is 3.18. The van der Waals surface area contributed by atoms with Crippen LogP contribution in [0.15, 0.2) is 0 Å². The van der Waals surface area contributed by atoms with E-state index in [9.17, 15) is 0 Å². The molecule has 0 saturated heterocycles. The molecular formula is C12H23N3OS. The maximum absolute atomic E-state index is 4.96. The highest BCUT2D eigenvalue weighted by atomic mass is 32.1.